The van der Waals surface area contributed by atoms with Crippen LogP contribution in [0, 0.1) is 0 Å². The number of fused-ring (bicyclic) bond motifs is 1. The van der Waals surface area contributed by atoms with Gasteiger partial charge in [-0.1, -0.05) is 30.3 Å². The zero-order chi connectivity index (χ0) is 20.1. The van der Waals surface area contributed by atoms with Gasteiger partial charge in [-0.05, 0) is 36.4 Å². The van der Waals surface area contributed by atoms with Crippen molar-refractivity contribution in [1.82, 2.24) is 20.2 Å². The van der Waals surface area contributed by atoms with Crippen molar-refractivity contribution in [1.29, 1.82) is 0 Å². The number of nitrogens with zero attached hydrogens (tertiary/aromatic N) is 2. The van der Waals surface area contributed by atoms with Gasteiger partial charge in [0, 0.05) is 5.56 Å². The van der Waals surface area contributed by atoms with Gasteiger partial charge in [-0.2, -0.15) is 0 Å². The summed E-state index contributed by atoms with van der Waals surface area (Å²) in [5.41, 5.74) is 2.19. The summed E-state index contributed by atoms with van der Waals surface area (Å²) < 4.78 is 7.06. The molecule has 0 spiro atoms. The van der Waals surface area contributed by atoms with Gasteiger partial charge in [-0.25, -0.2) is 4.98 Å². The summed E-state index contributed by atoms with van der Waals surface area (Å²) >= 11 is 0. The molecule has 4 aromatic rings. The Morgan fingerprint density at radius 1 is 0.897 bits per heavy atom. The lowest BCUT2D eigenvalue weighted by molar-refractivity contribution is -0.121. The number of hydrogen-bond acceptors (Lipinski definition) is 4. The molecule has 0 aliphatic rings. The third kappa shape index (κ3) is 4.35. The molecule has 2 N–H and O–H groups in total. The van der Waals surface area contributed by atoms with Crippen LogP contribution in [0.2, 0.25) is 0 Å². The first-order valence-electron chi connectivity index (χ1n) is 9.27. The topological polar surface area (TPSA) is 89.2 Å². The molecule has 2 aromatic carbocycles. The molecule has 0 radical (unpaired) electrons. The molecule has 2 heterocycles. The Bertz CT molecular complexity index is 1120. The average molecular weight is 388 g/mol. The second kappa shape index (κ2) is 8.43. The van der Waals surface area contributed by atoms with Crippen LogP contribution < -0.4 is 10.6 Å². The third-order valence-corrected chi connectivity index (χ3v) is 4.52. The summed E-state index contributed by atoms with van der Waals surface area (Å²) in [4.78, 5) is 29.4. The summed E-state index contributed by atoms with van der Waals surface area (Å²) in [6, 6.07) is 20.1. The number of carbonyl (C=O) groups is 2. The van der Waals surface area contributed by atoms with Crippen molar-refractivity contribution >= 4 is 22.8 Å². The molecular weight excluding hydrogens is 368 g/mol. The Morgan fingerprint density at radius 3 is 2.48 bits per heavy atom. The van der Waals surface area contributed by atoms with E-state index in [1.54, 1.807) is 30.5 Å². The molecule has 7 heteroatoms. The monoisotopic (exact) mass is 388 g/mol. The van der Waals surface area contributed by atoms with Gasteiger partial charge in [-0.3, -0.25) is 9.59 Å². The molecule has 0 atom stereocenters. The molecule has 0 aliphatic carbocycles. The number of aromatic nitrogens is 2. The van der Waals surface area contributed by atoms with Crippen LogP contribution in [0.5, 0.6) is 0 Å². The first kappa shape index (κ1) is 18.5. The van der Waals surface area contributed by atoms with Crippen LogP contribution >= 0.6 is 0 Å². The second-order valence-electron chi connectivity index (χ2n) is 6.51. The lowest BCUT2D eigenvalue weighted by atomic mass is 10.2. The predicted octanol–water partition coefficient (Wildman–Crippen LogP) is 2.88. The smallest absolute Gasteiger partial charge is 0.251 e. The van der Waals surface area contributed by atoms with E-state index < -0.39 is 0 Å². The summed E-state index contributed by atoms with van der Waals surface area (Å²) in [6.07, 6.45) is 1.57. The average Bonchev–Trinajstić information content (AvgIpc) is 3.39. The Hall–Kier alpha value is -3.87. The van der Waals surface area contributed by atoms with Crippen LogP contribution in [0.3, 0.4) is 0 Å². The third-order valence-electron chi connectivity index (χ3n) is 4.52. The molecule has 2 aromatic heterocycles. The lowest BCUT2D eigenvalue weighted by Crippen LogP contribution is -2.29. The fourth-order valence-corrected chi connectivity index (χ4v) is 3.09. The highest BCUT2D eigenvalue weighted by molar-refractivity contribution is 5.94. The quantitative estimate of drug-likeness (QED) is 0.509. The van der Waals surface area contributed by atoms with E-state index in [-0.39, 0.29) is 24.9 Å². The highest BCUT2D eigenvalue weighted by Crippen LogP contribution is 2.16. The van der Waals surface area contributed by atoms with E-state index in [1.165, 1.54) is 0 Å². The summed E-state index contributed by atoms with van der Waals surface area (Å²) in [5.74, 6) is 0.944. The zero-order valence-corrected chi connectivity index (χ0v) is 15.7. The van der Waals surface area contributed by atoms with Crippen LogP contribution in [0.25, 0.3) is 11.0 Å². The first-order chi connectivity index (χ1) is 14.2. The number of amides is 2. The van der Waals surface area contributed by atoms with Crippen LogP contribution in [0.15, 0.2) is 77.4 Å². The summed E-state index contributed by atoms with van der Waals surface area (Å²) in [6.45, 7) is 0.629. The maximum atomic E-state index is 12.5. The fourth-order valence-electron chi connectivity index (χ4n) is 3.09. The molecule has 146 valence electrons. The van der Waals surface area contributed by atoms with Gasteiger partial charge in [0.1, 0.15) is 18.1 Å². The normalized spacial score (nSPS) is 10.8. The molecular formula is C22H20N4O3. The van der Waals surface area contributed by atoms with Crippen molar-refractivity contribution in [3.63, 3.8) is 0 Å². The number of hydrogen-bond donors (Lipinski definition) is 2. The van der Waals surface area contributed by atoms with Crippen molar-refractivity contribution in [3.05, 3.63) is 90.1 Å². The molecule has 29 heavy (non-hydrogen) atoms. The van der Waals surface area contributed by atoms with Crippen molar-refractivity contribution in [2.75, 3.05) is 0 Å². The van der Waals surface area contributed by atoms with Gasteiger partial charge in [0.15, 0.2) is 0 Å². The number of furan rings is 1. The van der Waals surface area contributed by atoms with Crippen LogP contribution in [-0.2, 0) is 24.4 Å². The second-order valence-corrected chi connectivity index (χ2v) is 6.51. The maximum absolute atomic E-state index is 12.5. The molecule has 0 bridgehead atoms. The summed E-state index contributed by atoms with van der Waals surface area (Å²) in [5, 5.41) is 5.71. The number of imidazole rings is 1. The van der Waals surface area contributed by atoms with E-state index in [4.69, 9.17) is 4.42 Å². The minimum atomic E-state index is -0.188. The van der Waals surface area contributed by atoms with E-state index in [0.29, 0.717) is 23.7 Å². The van der Waals surface area contributed by atoms with E-state index in [9.17, 15) is 9.59 Å². The molecule has 0 aliphatic heterocycles. The first-order valence-corrected chi connectivity index (χ1v) is 9.27. The molecule has 0 saturated carbocycles. The van der Waals surface area contributed by atoms with E-state index in [2.05, 4.69) is 15.6 Å². The van der Waals surface area contributed by atoms with Gasteiger partial charge in [0.05, 0.1) is 30.4 Å². The molecule has 7 nitrogen and oxygen atoms in total. The number of benzene rings is 2. The van der Waals surface area contributed by atoms with Crippen LogP contribution in [-0.4, -0.2) is 21.4 Å². The Balaban J connectivity index is 1.49. The van der Waals surface area contributed by atoms with Gasteiger partial charge in [-0.15, -0.1) is 0 Å². The van der Waals surface area contributed by atoms with Gasteiger partial charge < -0.3 is 19.6 Å². The standard InChI is InChI=1S/C22H20N4O3/c27-21(23-13-17-9-6-12-29-17)15-26-19-11-5-4-10-18(19)25-20(26)14-24-22(28)16-7-2-1-3-8-16/h1-12H,13-15H2,(H,23,27)(H,24,28). The van der Waals surface area contributed by atoms with Gasteiger partial charge in [0.25, 0.3) is 5.91 Å². The number of para-hydroxylation sites is 2. The number of nitrogens with one attached hydrogen (secondary N) is 2. The fraction of sp³-hybridized carbons (Fsp3) is 0.136. The van der Waals surface area contributed by atoms with Crippen molar-refractivity contribution in [2.24, 2.45) is 0 Å². The molecule has 2 amide bonds. The molecule has 4 rings (SSSR count). The Kier molecular flexibility index (Phi) is 5.38. The predicted molar refractivity (Wildman–Crippen MR) is 108 cm³/mol. The Morgan fingerprint density at radius 2 is 1.69 bits per heavy atom. The Labute approximate surface area is 167 Å². The van der Waals surface area contributed by atoms with Crippen LogP contribution in [0.4, 0.5) is 0 Å². The van der Waals surface area contributed by atoms with E-state index in [0.717, 1.165) is 11.0 Å². The van der Waals surface area contributed by atoms with E-state index >= 15 is 0 Å². The van der Waals surface area contributed by atoms with Gasteiger partial charge in [0.2, 0.25) is 5.91 Å². The van der Waals surface area contributed by atoms with Gasteiger partial charge >= 0.3 is 0 Å². The maximum Gasteiger partial charge on any atom is 0.251 e. The zero-order valence-electron chi connectivity index (χ0n) is 15.7. The SMILES string of the molecule is O=C(Cn1c(CNC(=O)c2ccccc2)nc2ccccc21)NCc1ccco1. The number of rotatable bonds is 7. The van der Waals surface area contributed by atoms with Crippen molar-refractivity contribution in [2.45, 2.75) is 19.6 Å². The largest absolute Gasteiger partial charge is 0.467 e. The molecule has 0 unspecified atom stereocenters. The molecule has 0 fully saturated rings. The summed E-state index contributed by atoms with van der Waals surface area (Å²) in [7, 11) is 0. The number of carbonyl (C=O) groups excluding carboxylic acids is 2. The van der Waals surface area contributed by atoms with Crippen molar-refractivity contribution < 1.29 is 14.0 Å². The van der Waals surface area contributed by atoms with Crippen molar-refractivity contribution in [3.8, 4) is 0 Å². The minimum Gasteiger partial charge on any atom is -0.467 e. The van der Waals surface area contributed by atoms with E-state index in [1.807, 2.05) is 47.0 Å². The molecule has 0 saturated heterocycles. The highest BCUT2D eigenvalue weighted by Gasteiger charge is 2.15. The highest BCUT2D eigenvalue weighted by atomic mass is 16.3. The lowest BCUT2D eigenvalue weighted by Gasteiger charge is -2.10. The van der Waals surface area contributed by atoms with Crippen LogP contribution in [0.1, 0.15) is 21.9 Å². The minimum absolute atomic E-state index is 0.0950.